The predicted octanol–water partition coefficient (Wildman–Crippen LogP) is -0.272. The second kappa shape index (κ2) is 6.49. The first-order chi connectivity index (χ1) is 9.04. The summed E-state index contributed by atoms with van der Waals surface area (Å²) in [6.45, 7) is 2.24. The summed E-state index contributed by atoms with van der Waals surface area (Å²) in [4.78, 5) is 2.22. The van der Waals surface area contributed by atoms with Crippen LogP contribution in [0.3, 0.4) is 0 Å². The molecule has 0 aromatic heterocycles. The van der Waals surface area contributed by atoms with Gasteiger partial charge in [0.25, 0.3) is 10.2 Å². The Hall–Kier alpha value is -0.210. The molecule has 2 aliphatic rings. The quantitative estimate of drug-likeness (QED) is 0.676. The molecule has 1 heterocycles. The van der Waals surface area contributed by atoms with Gasteiger partial charge in [-0.25, -0.2) is 4.72 Å². The van der Waals surface area contributed by atoms with Crippen molar-refractivity contribution >= 4 is 10.2 Å². The van der Waals surface area contributed by atoms with Crippen LogP contribution in [0, 0.1) is 0 Å². The number of piperidine rings is 1. The first kappa shape index (κ1) is 15.2. The van der Waals surface area contributed by atoms with Gasteiger partial charge < -0.3 is 10.6 Å². The predicted molar refractivity (Wildman–Crippen MR) is 76.0 cm³/mol. The van der Waals surface area contributed by atoms with Gasteiger partial charge in [-0.2, -0.15) is 12.7 Å². The van der Waals surface area contributed by atoms with Crippen molar-refractivity contribution in [2.24, 2.45) is 5.73 Å². The van der Waals surface area contributed by atoms with Gasteiger partial charge >= 0.3 is 0 Å². The topological polar surface area (TPSA) is 78.7 Å². The Morgan fingerprint density at radius 2 is 2.05 bits per heavy atom. The van der Waals surface area contributed by atoms with Crippen LogP contribution in [-0.4, -0.2) is 62.9 Å². The van der Waals surface area contributed by atoms with Crippen molar-refractivity contribution in [3.63, 3.8) is 0 Å². The molecule has 0 aromatic rings. The number of nitrogens with two attached hydrogens (primary N) is 1. The Labute approximate surface area is 116 Å². The third-order valence-corrected chi connectivity index (χ3v) is 5.74. The molecule has 0 radical (unpaired) electrons. The average Bonchev–Trinajstić information content (AvgIpc) is 3.22. The van der Waals surface area contributed by atoms with Gasteiger partial charge in [-0.15, -0.1) is 0 Å². The van der Waals surface area contributed by atoms with Crippen LogP contribution in [0.25, 0.3) is 0 Å². The maximum Gasteiger partial charge on any atom is 0.279 e. The zero-order valence-electron chi connectivity index (χ0n) is 11.7. The van der Waals surface area contributed by atoms with E-state index in [-0.39, 0.29) is 6.04 Å². The number of hydrogen-bond donors (Lipinski definition) is 2. The summed E-state index contributed by atoms with van der Waals surface area (Å²) < 4.78 is 28.8. The zero-order chi connectivity index (χ0) is 13.9. The van der Waals surface area contributed by atoms with Crippen LogP contribution in [0.2, 0.25) is 0 Å². The molecule has 112 valence electrons. The lowest BCUT2D eigenvalue weighted by Gasteiger charge is -2.33. The first-order valence-electron chi connectivity index (χ1n) is 7.21. The number of hydrogen-bond acceptors (Lipinski definition) is 4. The number of rotatable bonds is 7. The van der Waals surface area contributed by atoms with Crippen molar-refractivity contribution in [2.75, 3.05) is 33.2 Å². The van der Waals surface area contributed by atoms with Gasteiger partial charge in [0, 0.05) is 38.3 Å². The summed E-state index contributed by atoms with van der Waals surface area (Å²) in [7, 11) is -1.32. The second-order valence-electron chi connectivity index (χ2n) is 5.61. The normalized spacial score (nSPS) is 25.9. The van der Waals surface area contributed by atoms with Gasteiger partial charge in [0.2, 0.25) is 0 Å². The Balaban J connectivity index is 1.82. The molecular weight excluding hydrogens is 264 g/mol. The summed E-state index contributed by atoms with van der Waals surface area (Å²) in [6, 6.07) is 0.628. The van der Waals surface area contributed by atoms with Crippen molar-refractivity contribution in [3.8, 4) is 0 Å². The molecule has 19 heavy (non-hydrogen) atoms. The molecule has 2 rings (SSSR count). The molecule has 6 nitrogen and oxygen atoms in total. The lowest BCUT2D eigenvalue weighted by Crippen LogP contribution is -2.52. The van der Waals surface area contributed by atoms with Crippen molar-refractivity contribution in [3.05, 3.63) is 0 Å². The van der Waals surface area contributed by atoms with E-state index in [1.165, 1.54) is 12.8 Å². The summed E-state index contributed by atoms with van der Waals surface area (Å²) in [6.07, 6.45) is 5.35. The Morgan fingerprint density at radius 3 is 2.68 bits per heavy atom. The molecule has 2 fully saturated rings. The van der Waals surface area contributed by atoms with Crippen molar-refractivity contribution in [2.45, 2.75) is 44.2 Å². The van der Waals surface area contributed by atoms with E-state index in [0.717, 1.165) is 25.8 Å². The minimum Gasteiger partial charge on any atom is -0.329 e. The average molecular weight is 290 g/mol. The summed E-state index contributed by atoms with van der Waals surface area (Å²) >= 11 is 0. The highest BCUT2D eigenvalue weighted by Crippen LogP contribution is 2.24. The largest absolute Gasteiger partial charge is 0.329 e. The smallest absolute Gasteiger partial charge is 0.279 e. The lowest BCUT2D eigenvalue weighted by atomic mass is 10.1. The molecule has 0 bridgehead atoms. The van der Waals surface area contributed by atoms with Crippen molar-refractivity contribution < 1.29 is 8.42 Å². The molecule has 3 N–H and O–H groups in total. The van der Waals surface area contributed by atoms with Crippen LogP contribution < -0.4 is 10.5 Å². The Kier molecular flexibility index (Phi) is 5.19. The van der Waals surface area contributed by atoms with Gasteiger partial charge in [-0.1, -0.05) is 6.42 Å². The third kappa shape index (κ3) is 4.13. The van der Waals surface area contributed by atoms with Crippen molar-refractivity contribution in [1.82, 2.24) is 13.9 Å². The number of nitrogens with zero attached hydrogens (tertiary/aromatic N) is 2. The highest BCUT2D eigenvalue weighted by Gasteiger charge is 2.31. The minimum absolute atomic E-state index is 0.0348. The van der Waals surface area contributed by atoms with Crippen LogP contribution >= 0.6 is 0 Å². The number of likely N-dealkylation sites (N-methyl/N-ethyl adjacent to an activating group) is 1. The van der Waals surface area contributed by atoms with E-state index in [1.807, 2.05) is 0 Å². The molecule has 0 spiro atoms. The van der Waals surface area contributed by atoms with Gasteiger partial charge in [0.1, 0.15) is 0 Å². The molecule has 1 aliphatic carbocycles. The summed E-state index contributed by atoms with van der Waals surface area (Å²) in [5, 5.41) is 0. The maximum atomic E-state index is 12.3. The summed E-state index contributed by atoms with van der Waals surface area (Å²) in [5.74, 6) is 0. The van der Waals surface area contributed by atoms with E-state index in [9.17, 15) is 8.42 Å². The fourth-order valence-corrected chi connectivity index (χ4v) is 4.13. The molecule has 0 aromatic carbocycles. The Morgan fingerprint density at radius 1 is 1.32 bits per heavy atom. The molecular formula is C12H26N4O2S. The van der Waals surface area contributed by atoms with Crippen LogP contribution in [0.1, 0.15) is 32.1 Å². The molecule has 1 unspecified atom stereocenters. The Bertz CT molecular complexity index is 383. The fourth-order valence-electron chi connectivity index (χ4n) is 2.66. The van der Waals surface area contributed by atoms with E-state index in [0.29, 0.717) is 25.7 Å². The fraction of sp³-hybridized carbons (Fsp3) is 1.00. The molecule has 0 amide bonds. The first-order valence-corrected chi connectivity index (χ1v) is 8.65. The van der Waals surface area contributed by atoms with Gasteiger partial charge in [-0.3, -0.25) is 0 Å². The third-order valence-electron chi connectivity index (χ3n) is 4.07. The van der Waals surface area contributed by atoms with Gasteiger partial charge in [-0.05, 0) is 32.7 Å². The second-order valence-corrected chi connectivity index (χ2v) is 7.32. The van der Waals surface area contributed by atoms with E-state index < -0.39 is 10.2 Å². The molecule has 1 atom stereocenters. The molecule has 1 saturated carbocycles. The monoisotopic (exact) mass is 290 g/mol. The van der Waals surface area contributed by atoms with Crippen molar-refractivity contribution in [1.29, 1.82) is 0 Å². The molecule has 7 heteroatoms. The highest BCUT2D eigenvalue weighted by atomic mass is 32.2. The lowest BCUT2D eigenvalue weighted by molar-refractivity contribution is 0.253. The van der Waals surface area contributed by atoms with E-state index >= 15 is 0 Å². The number of nitrogens with one attached hydrogen (secondary N) is 1. The highest BCUT2D eigenvalue weighted by molar-refractivity contribution is 7.87. The van der Waals surface area contributed by atoms with Gasteiger partial charge in [0.05, 0.1) is 0 Å². The molecule has 1 aliphatic heterocycles. The molecule has 1 saturated heterocycles. The maximum absolute atomic E-state index is 12.3. The minimum atomic E-state index is -3.37. The van der Waals surface area contributed by atoms with Gasteiger partial charge in [0.15, 0.2) is 0 Å². The van der Waals surface area contributed by atoms with Crippen LogP contribution in [0.5, 0.6) is 0 Å². The zero-order valence-corrected chi connectivity index (χ0v) is 12.5. The van der Waals surface area contributed by atoms with E-state index in [4.69, 9.17) is 5.73 Å². The standard InChI is InChI=1S/C12H26N4O2S/c1-15(11-5-6-11)9-7-14-19(17,18)16-8-3-2-4-12(16)10-13/h11-12,14H,2-10,13H2,1H3. The van der Waals surface area contributed by atoms with E-state index in [1.54, 1.807) is 4.31 Å². The SMILES string of the molecule is CN(CCNS(=O)(=O)N1CCCCC1CN)C1CC1. The van der Waals surface area contributed by atoms with Crippen LogP contribution in [0.4, 0.5) is 0 Å². The van der Waals surface area contributed by atoms with Crippen LogP contribution in [0.15, 0.2) is 0 Å². The van der Waals surface area contributed by atoms with Crippen LogP contribution in [-0.2, 0) is 10.2 Å². The van der Waals surface area contributed by atoms with E-state index in [2.05, 4.69) is 16.7 Å². The summed E-state index contributed by atoms with van der Waals surface area (Å²) in [5.41, 5.74) is 5.67.